The molecular formula is C19H32N2O5S2Sn. The number of nitrogens with one attached hydrogen (secondary N) is 1. The fourth-order valence-electron chi connectivity index (χ4n) is 2.86. The second kappa shape index (κ2) is 9.13. The van der Waals surface area contributed by atoms with Crippen LogP contribution in [0.1, 0.15) is 43.3 Å². The fraction of sp³-hybridized carbons (Fsp3) is 0.684. The third-order valence-corrected chi connectivity index (χ3v) is 16.8. The van der Waals surface area contributed by atoms with Gasteiger partial charge >= 0.3 is 156 Å². The van der Waals surface area contributed by atoms with Crippen molar-refractivity contribution in [1.82, 2.24) is 10.2 Å². The molecule has 0 unspecified atom stereocenters. The third-order valence-electron chi connectivity index (χ3n) is 4.41. The van der Waals surface area contributed by atoms with Crippen molar-refractivity contribution in [2.45, 2.75) is 58.9 Å². The number of hydrogen-bond acceptors (Lipinski definition) is 6. The minimum absolute atomic E-state index is 0.0439. The van der Waals surface area contributed by atoms with Crippen LogP contribution in [0.5, 0.6) is 0 Å². The average Bonchev–Trinajstić information content (AvgIpc) is 2.98. The van der Waals surface area contributed by atoms with Crippen LogP contribution in [-0.2, 0) is 14.6 Å². The fourth-order valence-corrected chi connectivity index (χ4v) is 11.3. The number of nitrogens with zero attached hydrogens (tertiary/aromatic N) is 1. The van der Waals surface area contributed by atoms with Crippen LogP contribution in [0, 0.1) is 0 Å². The van der Waals surface area contributed by atoms with E-state index in [1.54, 1.807) is 31.7 Å². The average molecular weight is 551 g/mol. The summed E-state index contributed by atoms with van der Waals surface area (Å²) in [5.74, 6) is -0.231. The Labute approximate surface area is 182 Å². The number of amides is 2. The van der Waals surface area contributed by atoms with Gasteiger partial charge in [0.2, 0.25) is 0 Å². The predicted molar refractivity (Wildman–Crippen MR) is 119 cm³/mol. The molecular weight excluding hydrogens is 519 g/mol. The van der Waals surface area contributed by atoms with Gasteiger partial charge in [0.25, 0.3) is 0 Å². The van der Waals surface area contributed by atoms with Crippen LogP contribution in [0.4, 0.5) is 4.79 Å². The molecule has 0 atom stereocenters. The zero-order valence-corrected chi connectivity index (χ0v) is 22.6. The van der Waals surface area contributed by atoms with Gasteiger partial charge < -0.3 is 0 Å². The van der Waals surface area contributed by atoms with Crippen molar-refractivity contribution in [3.05, 3.63) is 10.9 Å². The second-order valence-corrected chi connectivity index (χ2v) is 27.8. The van der Waals surface area contributed by atoms with Crippen molar-refractivity contribution in [3.63, 3.8) is 0 Å². The molecule has 1 aromatic rings. The molecule has 0 bridgehead atoms. The molecule has 1 aromatic heterocycles. The van der Waals surface area contributed by atoms with E-state index in [2.05, 4.69) is 20.1 Å². The van der Waals surface area contributed by atoms with Crippen LogP contribution in [-0.4, -0.2) is 74.7 Å². The Hall–Kier alpha value is -0.811. The molecule has 0 aromatic carbocycles. The van der Waals surface area contributed by atoms with Crippen molar-refractivity contribution < 1.29 is 22.7 Å². The first-order valence-electron chi connectivity index (χ1n) is 9.84. The Morgan fingerprint density at radius 2 is 1.93 bits per heavy atom. The van der Waals surface area contributed by atoms with Gasteiger partial charge in [-0.05, 0) is 20.8 Å². The number of fused-ring (bicyclic) bond motifs is 1. The number of hydrogen-bond donors (Lipinski definition) is 1. The van der Waals surface area contributed by atoms with Gasteiger partial charge in [-0.25, -0.2) is 0 Å². The molecule has 164 valence electrons. The third kappa shape index (κ3) is 6.85. The molecule has 0 saturated heterocycles. The van der Waals surface area contributed by atoms with E-state index in [1.807, 2.05) is 0 Å². The van der Waals surface area contributed by atoms with E-state index >= 15 is 0 Å². The van der Waals surface area contributed by atoms with Gasteiger partial charge in [-0.3, -0.25) is 0 Å². The van der Waals surface area contributed by atoms with E-state index in [0.717, 1.165) is 2.89 Å². The number of unbranched alkanes of at least 4 members (excludes halogenated alkanes) is 1. The quantitative estimate of drug-likeness (QED) is 0.434. The normalized spacial score (nSPS) is 16.9. The van der Waals surface area contributed by atoms with Crippen LogP contribution in [0.25, 0.3) is 0 Å². The van der Waals surface area contributed by atoms with Gasteiger partial charge in [0, 0.05) is 0 Å². The van der Waals surface area contributed by atoms with Crippen LogP contribution >= 0.6 is 11.3 Å². The standard InChI is InChI=1S/C16H23N2O5S2.3CH3.Sn/c1-16(2,3)23-15(20)17-7-4-5-8-18-9-11-25(21,22)12-6-10-24-13(12)14(18)19;;;;/h6H,4-5,7-9,11H2,1-3H3,(H,17,20);3*1H3;. The molecule has 1 aliphatic rings. The number of rotatable bonds is 6. The zero-order valence-electron chi connectivity index (χ0n) is 18.1. The number of thiophene rings is 1. The van der Waals surface area contributed by atoms with E-state index < -0.39 is 39.9 Å². The summed E-state index contributed by atoms with van der Waals surface area (Å²) in [5, 5.41) is 2.70. The van der Waals surface area contributed by atoms with Crippen LogP contribution < -0.4 is 8.21 Å². The molecule has 29 heavy (non-hydrogen) atoms. The van der Waals surface area contributed by atoms with Gasteiger partial charge in [0.15, 0.2) is 0 Å². The molecule has 0 saturated carbocycles. The molecule has 7 nitrogen and oxygen atoms in total. The number of carbonyl (C=O) groups excluding carboxylic acids is 2. The van der Waals surface area contributed by atoms with E-state index in [9.17, 15) is 18.0 Å². The number of carbonyl (C=O) groups is 2. The van der Waals surface area contributed by atoms with E-state index in [-0.39, 0.29) is 23.1 Å². The molecule has 1 N–H and O–H groups in total. The molecule has 0 spiro atoms. The summed E-state index contributed by atoms with van der Waals surface area (Å²) in [6, 6.07) is 1.76. The summed E-state index contributed by atoms with van der Waals surface area (Å²) in [6.45, 7) is 6.53. The van der Waals surface area contributed by atoms with Gasteiger partial charge in [-0.1, -0.05) is 0 Å². The van der Waals surface area contributed by atoms with Gasteiger partial charge in [-0.15, -0.1) is 0 Å². The molecule has 0 radical (unpaired) electrons. The van der Waals surface area contributed by atoms with Crippen molar-refractivity contribution in [3.8, 4) is 0 Å². The molecule has 2 amide bonds. The molecule has 2 rings (SSSR count). The minimum atomic E-state index is -3.44. The van der Waals surface area contributed by atoms with Crippen LogP contribution in [0.15, 0.2) is 11.0 Å². The second-order valence-electron chi connectivity index (χ2n) is 9.30. The summed E-state index contributed by atoms with van der Waals surface area (Å²) < 4.78 is 31.6. The summed E-state index contributed by atoms with van der Waals surface area (Å²) in [5.41, 5.74) is -0.539. The summed E-state index contributed by atoms with van der Waals surface area (Å²) in [4.78, 5) is 33.5. The Bertz CT molecular complexity index is 866. The monoisotopic (exact) mass is 552 g/mol. The maximum absolute atomic E-state index is 13.0. The van der Waals surface area contributed by atoms with E-state index in [1.165, 1.54) is 11.3 Å². The Morgan fingerprint density at radius 1 is 1.28 bits per heavy atom. The molecule has 2 heterocycles. The van der Waals surface area contributed by atoms with E-state index in [4.69, 9.17) is 4.74 Å². The van der Waals surface area contributed by atoms with Gasteiger partial charge in [0.05, 0.1) is 0 Å². The first kappa shape index (κ1) is 24.5. The van der Waals surface area contributed by atoms with E-state index in [0.29, 0.717) is 30.8 Å². The number of alkyl carbamates (subject to hydrolysis) is 1. The predicted octanol–water partition coefficient (Wildman–Crippen LogP) is 2.83. The molecule has 0 aliphatic carbocycles. The van der Waals surface area contributed by atoms with Gasteiger partial charge in [-0.2, -0.15) is 0 Å². The van der Waals surface area contributed by atoms with Crippen LogP contribution in [0.3, 0.4) is 0 Å². The molecule has 0 fully saturated rings. The van der Waals surface area contributed by atoms with Crippen molar-refractivity contribution in [2.24, 2.45) is 0 Å². The van der Waals surface area contributed by atoms with Crippen LogP contribution in [0.2, 0.25) is 14.8 Å². The van der Waals surface area contributed by atoms with Crippen molar-refractivity contribution >= 4 is 54.4 Å². The summed E-state index contributed by atoms with van der Waals surface area (Å²) in [7, 11) is -3.44. The topological polar surface area (TPSA) is 92.8 Å². The number of ether oxygens (including phenoxy) is 1. The van der Waals surface area contributed by atoms with Crippen molar-refractivity contribution in [2.75, 3.05) is 25.4 Å². The Balaban J connectivity index is 1.97. The molecule has 1 aliphatic heterocycles. The Morgan fingerprint density at radius 3 is 2.52 bits per heavy atom. The van der Waals surface area contributed by atoms with Gasteiger partial charge in [0.1, 0.15) is 5.60 Å². The Kier molecular flexibility index (Phi) is 7.70. The SMILES string of the molecule is CC(C)(C)OC(=O)NCCCCN1CCS(=O)(=O)c2c[c]([Sn]([CH3])([CH3])[CH3])sc2C1=O. The first-order valence-corrected chi connectivity index (χ1v) is 22.3. The summed E-state index contributed by atoms with van der Waals surface area (Å²) in [6.07, 6.45) is 0.892. The first-order chi connectivity index (χ1) is 13.2. The molecule has 10 heteroatoms. The maximum atomic E-state index is 13.0. The van der Waals surface area contributed by atoms with Crippen molar-refractivity contribution in [1.29, 1.82) is 0 Å². The number of sulfone groups is 1. The summed E-state index contributed by atoms with van der Waals surface area (Å²) >= 11 is -1.11. The zero-order chi connectivity index (χ0) is 22.0.